The highest BCUT2D eigenvalue weighted by Crippen LogP contribution is 2.16. The van der Waals surface area contributed by atoms with Crippen LogP contribution in [0.1, 0.15) is 25.7 Å². The van der Waals surface area contributed by atoms with Gasteiger partial charge in [-0.1, -0.05) is 0 Å². The fraction of sp³-hybridized carbons (Fsp3) is 0.900. The monoisotopic (exact) mass is 182 g/mol. The molecule has 3 heteroatoms. The third-order valence-corrected chi connectivity index (χ3v) is 3.08. The molecule has 1 amide bonds. The van der Waals surface area contributed by atoms with Crippen LogP contribution in [-0.2, 0) is 4.79 Å². The molecule has 74 valence electrons. The van der Waals surface area contributed by atoms with Gasteiger partial charge in [-0.05, 0) is 32.2 Å². The second-order valence-corrected chi connectivity index (χ2v) is 4.08. The van der Waals surface area contributed by atoms with Crippen LogP contribution in [0.4, 0.5) is 0 Å². The maximum atomic E-state index is 11.9. The van der Waals surface area contributed by atoms with Crippen molar-refractivity contribution in [2.75, 3.05) is 26.2 Å². The molecule has 3 nitrogen and oxygen atoms in total. The molecule has 0 aliphatic carbocycles. The summed E-state index contributed by atoms with van der Waals surface area (Å²) in [5.41, 5.74) is 0. The summed E-state index contributed by atoms with van der Waals surface area (Å²) in [6.07, 6.45) is 4.74. The minimum absolute atomic E-state index is 0.276. The highest BCUT2D eigenvalue weighted by molar-refractivity contribution is 5.79. The average Bonchev–Trinajstić information content (AvgIpc) is 2.71. The van der Waals surface area contributed by atoms with Gasteiger partial charge in [-0.15, -0.1) is 0 Å². The molecule has 0 unspecified atom stereocenters. The lowest BCUT2D eigenvalue weighted by atomic mass is 10.0. The van der Waals surface area contributed by atoms with E-state index in [-0.39, 0.29) is 5.92 Å². The molecule has 0 spiro atoms. The molecule has 0 bridgehead atoms. The van der Waals surface area contributed by atoms with Gasteiger partial charge in [0, 0.05) is 19.6 Å². The Kier molecular flexibility index (Phi) is 2.83. The summed E-state index contributed by atoms with van der Waals surface area (Å²) in [6.45, 7) is 3.91. The van der Waals surface area contributed by atoms with Gasteiger partial charge in [0.15, 0.2) is 0 Å². The van der Waals surface area contributed by atoms with Crippen molar-refractivity contribution in [3.8, 4) is 0 Å². The van der Waals surface area contributed by atoms with E-state index < -0.39 is 0 Å². The minimum Gasteiger partial charge on any atom is -0.342 e. The van der Waals surface area contributed by atoms with E-state index in [0.29, 0.717) is 5.91 Å². The first-order chi connectivity index (χ1) is 6.38. The topological polar surface area (TPSA) is 32.3 Å². The average molecular weight is 182 g/mol. The first-order valence-corrected chi connectivity index (χ1v) is 5.37. The van der Waals surface area contributed by atoms with E-state index in [4.69, 9.17) is 0 Å². The van der Waals surface area contributed by atoms with Crippen molar-refractivity contribution in [1.82, 2.24) is 10.2 Å². The number of amides is 1. The van der Waals surface area contributed by atoms with Crippen LogP contribution in [0.3, 0.4) is 0 Å². The number of rotatable bonds is 1. The highest BCUT2D eigenvalue weighted by Gasteiger charge is 2.27. The van der Waals surface area contributed by atoms with Crippen molar-refractivity contribution in [2.45, 2.75) is 25.7 Å². The Morgan fingerprint density at radius 1 is 1.23 bits per heavy atom. The SMILES string of the molecule is O=C([C@H]1CCNC1)N1CCCCC1. The van der Waals surface area contributed by atoms with Gasteiger partial charge >= 0.3 is 0 Å². The van der Waals surface area contributed by atoms with Crippen LogP contribution in [0.15, 0.2) is 0 Å². The fourth-order valence-electron chi connectivity index (χ4n) is 2.24. The first-order valence-electron chi connectivity index (χ1n) is 5.37. The molecular formula is C10H18N2O. The summed E-state index contributed by atoms with van der Waals surface area (Å²) in [6, 6.07) is 0. The zero-order chi connectivity index (χ0) is 9.10. The minimum atomic E-state index is 0.276. The predicted octanol–water partition coefficient (Wildman–Crippen LogP) is 0.608. The number of nitrogens with one attached hydrogen (secondary N) is 1. The van der Waals surface area contributed by atoms with Crippen LogP contribution < -0.4 is 5.32 Å². The van der Waals surface area contributed by atoms with Crippen molar-refractivity contribution in [3.63, 3.8) is 0 Å². The van der Waals surface area contributed by atoms with Crippen molar-refractivity contribution >= 4 is 5.91 Å². The molecule has 0 saturated carbocycles. The lowest BCUT2D eigenvalue weighted by molar-refractivity contribution is -0.135. The number of hydrogen-bond donors (Lipinski definition) is 1. The van der Waals surface area contributed by atoms with Gasteiger partial charge in [0.2, 0.25) is 5.91 Å². The molecule has 2 rings (SSSR count). The van der Waals surface area contributed by atoms with Crippen molar-refractivity contribution < 1.29 is 4.79 Å². The van der Waals surface area contributed by atoms with E-state index >= 15 is 0 Å². The van der Waals surface area contributed by atoms with Crippen molar-refractivity contribution in [2.24, 2.45) is 5.92 Å². The van der Waals surface area contributed by atoms with E-state index in [1.54, 1.807) is 0 Å². The lowest BCUT2D eigenvalue weighted by Crippen LogP contribution is -2.40. The van der Waals surface area contributed by atoms with E-state index in [9.17, 15) is 4.79 Å². The standard InChI is InChI=1S/C10H18N2O/c13-10(9-4-5-11-8-9)12-6-2-1-3-7-12/h9,11H,1-8H2/t9-/m0/s1. The predicted molar refractivity (Wildman–Crippen MR) is 51.4 cm³/mol. The molecule has 1 N–H and O–H groups in total. The Hall–Kier alpha value is -0.570. The number of carbonyl (C=O) groups is 1. The third kappa shape index (κ3) is 2.02. The largest absolute Gasteiger partial charge is 0.342 e. The molecule has 2 aliphatic heterocycles. The van der Waals surface area contributed by atoms with Gasteiger partial charge in [-0.2, -0.15) is 0 Å². The molecule has 2 heterocycles. The summed E-state index contributed by atoms with van der Waals surface area (Å²) in [5, 5.41) is 3.24. The summed E-state index contributed by atoms with van der Waals surface area (Å²) in [5.74, 6) is 0.669. The van der Waals surface area contributed by atoms with Crippen LogP contribution in [0.25, 0.3) is 0 Å². The van der Waals surface area contributed by atoms with E-state index in [1.165, 1.54) is 19.3 Å². The van der Waals surface area contributed by atoms with E-state index in [0.717, 1.165) is 32.6 Å². The summed E-state index contributed by atoms with van der Waals surface area (Å²) < 4.78 is 0. The summed E-state index contributed by atoms with van der Waals surface area (Å²) >= 11 is 0. The normalized spacial score (nSPS) is 29.2. The molecular weight excluding hydrogens is 164 g/mol. The number of likely N-dealkylation sites (tertiary alicyclic amines) is 1. The zero-order valence-electron chi connectivity index (χ0n) is 8.09. The summed E-state index contributed by atoms with van der Waals surface area (Å²) in [7, 11) is 0. The molecule has 2 aliphatic rings. The molecule has 0 aromatic heterocycles. The van der Waals surface area contributed by atoms with Gasteiger partial charge in [-0.25, -0.2) is 0 Å². The van der Waals surface area contributed by atoms with Crippen molar-refractivity contribution in [3.05, 3.63) is 0 Å². The van der Waals surface area contributed by atoms with Gasteiger partial charge in [-0.3, -0.25) is 4.79 Å². The van der Waals surface area contributed by atoms with Gasteiger partial charge < -0.3 is 10.2 Å². The molecule has 0 aromatic carbocycles. The third-order valence-electron chi connectivity index (χ3n) is 3.08. The smallest absolute Gasteiger partial charge is 0.227 e. The number of carbonyl (C=O) groups excluding carboxylic acids is 1. The second kappa shape index (κ2) is 4.09. The Labute approximate surface area is 79.5 Å². The number of nitrogens with zero attached hydrogens (tertiary/aromatic N) is 1. The molecule has 2 saturated heterocycles. The quantitative estimate of drug-likeness (QED) is 0.644. The Morgan fingerprint density at radius 2 is 2.00 bits per heavy atom. The number of hydrogen-bond acceptors (Lipinski definition) is 2. The van der Waals surface area contributed by atoms with Crippen molar-refractivity contribution in [1.29, 1.82) is 0 Å². The van der Waals surface area contributed by atoms with Crippen LogP contribution in [-0.4, -0.2) is 37.0 Å². The highest BCUT2D eigenvalue weighted by atomic mass is 16.2. The molecule has 13 heavy (non-hydrogen) atoms. The number of piperidine rings is 1. The Balaban J connectivity index is 1.87. The van der Waals surface area contributed by atoms with Gasteiger partial charge in [0.1, 0.15) is 0 Å². The zero-order valence-corrected chi connectivity index (χ0v) is 8.09. The van der Waals surface area contributed by atoms with E-state index in [2.05, 4.69) is 10.2 Å². The summed E-state index contributed by atoms with van der Waals surface area (Å²) in [4.78, 5) is 13.9. The second-order valence-electron chi connectivity index (χ2n) is 4.08. The van der Waals surface area contributed by atoms with E-state index in [1.807, 2.05) is 0 Å². The Bertz CT molecular complexity index is 181. The van der Waals surface area contributed by atoms with Gasteiger partial charge in [0.05, 0.1) is 5.92 Å². The molecule has 0 radical (unpaired) electrons. The van der Waals surface area contributed by atoms with Crippen LogP contribution in [0.5, 0.6) is 0 Å². The fourth-order valence-corrected chi connectivity index (χ4v) is 2.24. The maximum absolute atomic E-state index is 11.9. The van der Waals surface area contributed by atoms with Crippen LogP contribution in [0, 0.1) is 5.92 Å². The maximum Gasteiger partial charge on any atom is 0.227 e. The van der Waals surface area contributed by atoms with Crippen LogP contribution >= 0.6 is 0 Å². The lowest BCUT2D eigenvalue weighted by Gasteiger charge is -2.28. The van der Waals surface area contributed by atoms with Crippen LogP contribution in [0.2, 0.25) is 0 Å². The van der Waals surface area contributed by atoms with Gasteiger partial charge in [0.25, 0.3) is 0 Å². The Morgan fingerprint density at radius 3 is 2.62 bits per heavy atom. The first kappa shape index (κ1) is 9.00. The molecule has 1 atom stereocenters. The molecule has 2 fully saturated rings. The molecule has 0 aromatic rings.